The molecule has 0 aromatic heterocycles. The second kappa shape index (κ2) is 9.20. The van der Waals surface area contributed by atoms with E-state index in [-0.39, 0.29) is 37.2 Å². The van der Waals surface area contributed by atoms with Crippen molar-refractivity contribution in [2.24, 2.45) is 0 Å². The van der Waals surface area contributed by atoms with Crippen LogP contribution in [0.5, 0.6) is 0 Å². The molecule has 152 valence electrons. The molecule has 1 atom stereocenters. The SMILES string of the molecule is CCN(CC(=O)Nc1cc(Cl)ccc1C)[C@H]1CC(=O)N(Cc2ccccc2)C1=O. The zero-order valence-corrected chi connectivity index (χ0v) is 17.3. The minimum absolute atomic E-state index is 0.0192. The van der Waals surface area contributed by atoms with Crippen molar-refractivity contribution in [2.75, 3.05) is 18.4 Å². The van der Waals surface area contributed by atoms with Crippen LogP contribution in [0.4, 0.5) is 5.69 Å². The van der Waals surface area contributed by atoms with E-state index in [1.807, 2.05) is 50.2 Å². The highest BCUT2D eigenvalue weighted by molar-refractivity contribution is 6.31. The summed E-state index contributed by atoms with van der Waals surface area (Å²) in [6.45, 7) is 4.50. The van der Waals surface area contributed by atoms with Gasteiger partial charge in [-0.15, -0.1) is 0 Å². The molecule has 0 spiro atoms. The molecule has 0 aliphatic carbocycles. The quantitative estimate of drug-likeness (QED) is 0.707. The lowest BCUT2D eigenvalue weighted by Gasteiger charge is -2.25. The molecule has 29 heavy (non-hydrogen) atoms. The van der Waals surface area contributed by atoms with E-state index in [9.17, 15) is 14.4 Å². The van der Waals surface area contributed by atoms with E-state index in [2.05, 4.69) is 5.32 Å². The molecule has 0 bridgehead atoms. The van der Waals surface area contributed by atoms with Gasteiger partial charge in [-0.25, -0.2) is 0 Å². The Labute approximate surface area is 175 Å². The van der Waals surface area contributed by atoms with Gasteiger partial charge >= 0.3 is 0 Å². The van der Waals surface area contributed by atoms with Crippen molar-refractivity contribution in [3.05, 3.63) is 64.7 Å². The maximum Gasteiger partial charge on any atom is 0.247 e. The van der Waals surface area contributed by atoms with Gasteiger partial charge < -0.3 is 5.32 Å². The van der Waals surface area contributed by atoms with E-state index in [0.717, 1.165) is 11.1 Å². The fourth-order valence-electron chi connectivity index (χ4n) is 3.43. The molecule has 7 heteroatoms. The lowest BCUT2D eigenvalue weighted by atomic mass is 10.2. The third kappa shape index (κ3) is 5.02. The van der Waals surface area contributed by atoms with Crippen molar-refractivity contribution in [3.8, 4) is 0 Å². The van der Waals surface area contributed by atoms with Crippen molar-refractivity contribution < 1.29 is 14.4 Å². The summed E-state index contributed by atoms with van der Waals surface area (Å²) in [5, 5.41) is 3.38. The Morgan fingerprint density at radius 1 is 1.21 bits per heavy atom. The third-order valence-electron chi connectivity index (χ3n) is 5.07. The van der Waals surface area contributed by atoms with Crippen LogP contribution in [0, 0.1) is 6.92 Å². The predicted octanol–water partition coefficient (Wildman–Crippen LogP) is 3.24. The van der Waals surface area contributed by atoms with Crippen LogP contribution in [0.1, 0.15) is 24.5 Å². The third-order valence-corrected chi connectivity index (χ3v) is 5.31. The zero-order valence-electron chi connectivity index (χ0n) is 16.5. The molecule has 1 saturated heterocycles. The summed E-state index contributed by atoms with van der Waals surface area (Å²) >= 11 is 6.01. The number of anilines is 1. The summed E-state index contributed by atoms with van der Waals surface area (Å²) in [6.07, 6.45) is 0.0863. The highest BCUT2D eigenvalue weighted by Crippen LogP contribution is 2.22. The number of carbonyl (C=O) groups excluding carboxylic acids is 3. The number of likely N-dealkylation sites (tertiary alicyclic amines) is 1. The molecule has 0 saturated carbocycles. The van der Waals surface area contributed by atoms with E-state index in [0.29, 0.717) is 17.3 Å². The number of benzene rings is 2. The largest absolute Gasteiger partial charge is 0.325 e. The molecule has 0 radical (unpaired) electrons. The van der Waals surface area contributed by atoms with E-state index < -0.39 is 6.04 Å². The minimum Gasteiger partial charge on any atom is -0.325 e. The van der Waals surface area contributed by atoms with Gasteiger partial charge in [0, 0.05) is 10.7 Å². The smallest absolute Gasteiger partial charge is 0.247 e. The number of halogens is 1. The zero-order chi connectivity index (χ0) is 21.0. The number of imide groups is 1. The Hall–Kier alpha value is -2.70. The molecule has 3 rings (SSSR count). The number of aryl methyl sites for hydroxylation is 1. The molecule has 1 fully saturated rings. The Kier molecular flexibility index (Phi) is 6.67. The minimum atomic E-state index is -0.623. The van der Waals surface area contributed by atoms with Gasteiger partial charge in [0.15, 0.2) is 0 Å². The van der Waals surface area contributed by atoms with E-state index in [1.54, 1.807) is 17.0 Å². The summed E-state index contributed by atoms with van der Waals surface area (Å²) in [5.41, 5.74) is 2.43. The Morgan fingerprint density at radius 2 is 1.93 bits per heavy atom. The molecule has 2 aromatic rings. The van der Waals surface area contributed by atoms with Crippen molar-refractivity contribution >= 4 is 35.0 Å². The summed E-state index contributed by atoms with van der Waals surface area (Å²) in [4.78, 5) is 40.9. The fraction of sp³-hybridized carbons (Fsp3) is 0.318. The van der Waals surface area contributed by atoms with Gasteiger partial charge in [0.25, 0.3) is 0 Å². The van der Waals surface area contributed by atoms with Gasteiger partial charge in [-0.3, -0.25) is 24.2 Å². The van der Waals surface area contributed by atoms with Gasteiger partial charge in [0.1, 0.15) is 0 Å². The van der Waals surface area contributed by atoms with E-state index in [4.69, 9.17) is 11.6 Å². The monoisotopic (exact) mass is 413 g/mol. The van der Waals surface area contributed by atoms with Crippen LogP contribution in [0.15, 0.2) is 48.5 Å². The first-order valence-electron chi connectivity index (χ1n) is 9.57. The van der Waals surface area contributed by atoms with Crippen LogP contribution in [-0.2, 0) is 20.9 Å². The van der Waals surface area contributed by atoms with E-state index in [1.165, 1.54) is 4.90 Å². The van der Waals surface area contributed by atoms with Crippen molar-refractivity contribution in [2.45, 2.75) is 32.9 Å². The van der Waals surface area contributed by atoms with Crippen LogP contribution >= 0.6 is 11.6 Å². The highest BCUT2D eigenvalue weighted by Gasteiger charge is 2.41. The number of nitrogens with one attached hydrogen (secondary N) is 1. The van der Waals surface area contributed by atoms with Gasteiger partial charge in [-0.2, -0.15) is 0 Å². The van der Waals surface area contributed by atoms with Crippen LogP contribution in [0.3, 0.4) is 0 Å². The number of rotatable bonds is 7. The highest BCUT2D eigenvalue weighted by atomic mass is 35.5. The molecule has 3 amide bonds. The molecule has 1 heterocycles. The van der Waals surface area contributed by atoms with Gasteiger partial charge in [-0.1, -0.05) is 54.9 Å². The maximum atomic E-state index is 12.9. The Balaban J connectivity index is 1.66. The summed E-state index contributed by atoms with van der Waals surface area (Å²) in [5.74, 6) is -0.722. The maximum absolute atomic E-state index is 12.9. The molecule has 2 aromatic carbocycles. The molecular weight excluding hydrogens is 390 g/mol. The lowest BCUT2D eigenvalue weighted by Crippen LogP contribution is -2.45. The normalized spacial score (nSPS) is 16.6. The number of nitrogens with zero attached hydrogens (tertiary/aromatic N) is 2. The molecule has 6 nitrogen and oxygen atoms in total. The number of hydrogen-bond acceptors (Lipinski definition) is 4. The topological polar surface area (TPSA) is 69.7 Å². The fourth-order valence-corrected chi connectivity index (χ4v) is 3.60. The van der Waals surface area contributed by atoms with Gasteiger partial charge in [0.05, 0.1) is 25.6 Å². The molecule has 1 aliphatic rings. The lowest BCUT2D eigenvalue weighted by molar-refractivity contribution is -0.140. The van der Waals surface area contributed by atoms with E-state index >= 15 is 0 Å². The van der Waals surface area contributed by atoms with Crippen molar-refractivity contribution in [3.63, 3.8) is 0 Å². The molecule has 1 N–H and O–H groups in total. The Morgan fingerprint density at radius 3 is 2.62 bits per heavy atom. The first-order valence-corrected chi connectivity index (χ1v) is 9.95. The second-order valence-electron chi connectivity index (χ2n) is 7.09. The van der Waals surface area contributed by atoms with Crippen LogP contribution in [0.2, 0.25) is 5.02 Å². The van der Waals surface area contributed by atoms with Crippen molar-refractivity contribution in [1.29, 1.82) is 0 Å². The molecular formula is C22H24ClN3O3. The van der Waals surface area contributed by atoms with Crippen LogP contribution < -0.4 is 5.32 Å². The number of carbonyl (C=O) groups is 3. The van der Waals surface area contributed by atoms with Gasteiger partial charge in [-0.05, 0) is 36.7 Å². The first kappa shape index (κ1) is 21.0. The molecule has 1 aliphatic heterocycles. The number of hydrogen-bond donors (Lipinski definition) is 1. The summed E-state index contributed by atoms with van der Waals surface area (Å²) in [6, 6.07) is 14.1. The van der Waals surface area contributed by atoms with Gasteiger partial charge in [0.2, 0.25) is 17.7 Å². The first-order chi connectivity index (χ1) is 13.9. The summed E-state index contributed by atoms with van der Waals surface area (Å²) in [7, 11) is 0. The number of likely N-dealkylation sites (N-methyl/N-ethyl adjacent to an activating group) is 1. The van der Waals surface area contributed by atoms with Crippen LogP contribution in [0.25, 0.3) is 0 Å². The van der Waals surface area contributed by atoms with Crippen LogP contribution in [-0.4, -0.2) is 46.7 Å². The summed E-state index contributed by atoms with van der Waals surface area (Å²) < 4.78 is 0. The average Bonchev–Trinajstić information content (AvgIpc) is 2.98. The molecule has 0 unspecified atom stereocenters. The average molecular weight is 414 g/mol. The standard InChI is InChI=1S/C22H24ClN3O3/c1-3-25(14-20(27)24-18-11-17(23)10-9-15(18)2)19-12-21(28)26(22(19)29)13-16-7-5-4-6-8-16/h4-11,19H,3,12-14H2,1-2H3,(H,24,27)/t19-/m0/s1. The number of amides is 3. The second-order valence-corrected chi connectivity index (χ2v) is 7.53. The van der Waals surface area contributed by atoms with Crippen molar-refractivity contribution in [1.82, 2.24) is 9.80 Å². The predicted molar refractivity (Wildman–Crippen MR) is 112 cm³/mol. The Bertz CT molecular complexity index is 917.